The predicted octanol–water partition coefficient (Wildman–Crippen LogP) is 1.53. The Labute approximate surface area is 106 Å². The van der Waals surface area contributed by atoms with Crippen LogP contribution in [0.1, 0.15) is 24.2 Å². The lowest BCUT2D eigenvalue weighted by Gasteiger charge is -2.18. The van der Waals surface area contributed by atoms with Gasteiger partial charge in [0.25, 0.3) is 5.91 Å². The largest absolute Gasteiger partial charge is 0.496 e. The van der Waals surface area contributed by atoms with Crippen LogP contribution < -0.4 is 10.1 Å². The molecule has 0 aliphatic carbocycles. The number of para-hydroxylation sites is 1. The second kappa shape index (κ2) is 6.05. The van der Waals surface area contributed by atoms with Gasteiger partial charge in [0.05, 0.1) is 12.7 Å². The number of aliphatic carboxylic acids is 1. The van der Waals surface area contributed by atoms with Crippen LogP contribution in [-0.2, 0) is 4.79 Å². The quantitative estimate of drug-likeness (QED) is 0.832. The van der Waals surface area contributed by atoms with Gasteiger partial charge in [-0.2, -0.15) is 0 Å². The maximum Gasteiger partial charge on any atom is 0.326 e. The number of rotatable bonds is 5. The van der Waals surface area contributed by atoms with Gasteiger partial charge in [-0.25, -0.2) is 4.79 Å². The molecule has 1 rings (SSSR count). The molecule has 98 valence electrons. The van der Waals surface area contributed by atoms with E-state index < -0.39 is 17.9 Å². The summed E-state index contributed by atoms with van der Waals surface area (Å²) in [4.78, 5) is 23.0. The van der Waals surface area contributed by atoms with E-state index in [1.54, 1.807) is 38.1 Å². The molecule has 0 unspecified atom stereocenters. The van der Waals surface area contributed by atoms with Crippen LogP contribution in [0.25, 0.3) is 0 Å². The first kappa shape index (κ1) is 14.0. The van der Waals surface area contributed by atoms with E-state index in [9.17, 15) is 9.59 Å². The molecule has 2 N–H and O–H groups in total. The van der Waals surface area contributed by atoms with Crippen LogP contribution in [0, 0.1) is 5.92 Å². The van der Waals surface area contributed by atoms with Crippen LogP contribution in [0.5, 0.6) is 5.75 Å². The molecule has 0 aromatic heterocycles. The van der Waals surface area contributed by atoms with Crippen LogP contribution in [0.15, 0.2) is 24.3 Å². The number of hydrogen-bond donors (Lipinski definition) is 2. The van der Waals surface area contributed by atoms with Gasteiger partial charge in [0.1, 0.15) is 11.8 Å². The zero-order valence-electron chi connectivity index (χ0n) is 10.6. The van der Waals surface area contributed by atoms with Crippen LogP contribution in [0.2, 0.25) is 0 Å². The van der Waals surface area contributed by atoms with E-state index in [1.807, 2.05) is 0 Å². The molecule has 18 heavy (non-hydrogen) atoms. The lowest BCUT2D eigenvalue weighted by Crippen LogP contribution is -2.44. The summed E-state index contributed by atoms with van der Waals surface area (Å²) >= 11 is 0. The Hall–Kier alpha value is -2.04. The average molecular weight is 251 g/mol. The zero-order chi connectivity index (χ0) is 13.7. The summed E-state index contributed by atoms with van der Waals surface area (Å²) in [5.41, 5.74) is 0.326. The van der Waals surface area contributed by atoms with Crippen molar-refractivity contribution in [1.82, 2.24) is 5.32 Å². The molecule has 0 fully saturated rings. The minimum atomic E-state index is -1.05. The molecule has 0 saturated heterocycles. The number of carbonyl (C=O) groups excluding carboxylic acids is 1. The van der Waals surface area contributed by atoms with Crippen molar-refractivity contribution >= 4 is 11.9 Å². The Morgan fingerprint density at radius 1 is 1.28 bits per heavy atom. The van der Waals surface area contributed by atoms with E-state index >= 15 is 0 Å². The molecule has 1 atom stereocenters. The summed E-state index contributed by atoms with van der Waals surface area (Å²) in [6.07, 6.45) is 0. The highest BCUT2D eigenvalue weighted by Crippen LogP contribution is 2.17. The number of hydrogen-bond acceptors (Lipinski definition) is 3. The van der Waals surface area contributed by atoms with Crippen molar-refractivity contribution in [2.45, 2.75) is 19.9 Å². The molecular formula is C13H17NO4. The van der Waals surface area contributed by atoms with E-state index in [0.717, 1.165) is 0 Å². The predicted molar refractivity (Wildman–Crippen MR) is 66.7 cm³/mol. The first-order valence-electron chi connectivity index (χ1n) is 5.64. The number of amides is 1. The molecule has 0 aliphatic rings. The number of carboxylic acids is 1. The van der Waals surface area contributed by atoms with Crippen molar-refractivity contribution < 1.29 is 19.4 Å². The highest BCUT2D eigenvalue weighted by atomic mass is 16.5. The molecule has 1 aromatic carbocycles. The summed E-state index contributed by atoms with van der Waals surface area (Å²) in [7, 11) is 1.46. The van der Waals surface area contributed by atoms with E-state index in [2.05, 4.69) is 5.32 Å². The van der Waals surface area contributed by atoms with Gasteiger partial charge in [-0.3, -0.25) is 4.79 Å². The van der Waals surface area contributed by atoms with Crippen LogP contribution in [0.3, 0.4) is 0 Å². The fraction of sp³-hybridized carbons (Fsp3) is 0.385. The normalized spacial score (nSPS) is 12.0. The molecule has 0 spiro atoms. The second-order valence-corrected chi connectivity index (χ2v) is 4.23. The SMILES string of the molecule is COc1ccccc1C(=O)N[C@H](C(=O)O)C(C)C. The Morgan fingerprint density at radius 2 is 1.89 bits per heavy atom. The van der Waals surface area contributed by atoms with E-state index in [1.165, 1.54) is 7.11 Å². The molecule has 1 aromatic rings. The number of benzene rings is 1. The molecule has 0 bridgehead atoms. The fourth-order valence-electron chi connectivity index (χ4n) is 1.56. The Morgan fingerprint density at radius 3 is 2.39 bits per heavy atom. The highest BCUT2D eigenvalue weighted by molar-refractivity contribution is 5.98. The Bertz CT molecular complexity index is 442. The summed E-state index contributed by atoms with van der Waals surface area (Å²) in [6, 6.07) is 5.77. The van der Waals surface area contributed by atoms with E-state index in [4.69, 9.17) is 9.84 Å². The van der Waals surface area contributed by atoms with Gasteiger partial charge in [-0.15, -0.1) is 0 Å². The van der Waals surface area contributed by atoms with Crippen molar-refractivity contribution in [3.8, 4) is 5.75 Å². The van der Waals surface area contributed by atoms with Gasteiger partial charge in [0.15, 0.2) is 0 Å². The second-order valence-electron chi connectivity index (χ2n) is 4.23. The molecular weight excluding hydrogens is 234 g/mol. The molecule has 1 amide bonds. The minimum Gasteiger partial charge on any atom is -0.496 e. The van der Waals surface area contributed by atoms with Crippen LogP contribution in [0.4, 0.5) is 0 Å². The third-order valence-corrected chi connectivity index (χ3v) is 2.57. The maximum absolute atomic E-state index is 12.0. The zero-order valence-corrected chi connectivity index (χ0v) is 10.6. The first-order valence-corrected chi connectivity index (χ1v) is 5.64. The maximum atomic E-state index is 12.0. The summed E-state index contributed by atoms with van der Waals surface area (Å²) < 4.78 is 5.06. The van der Waals surface area contributed by atoms with Crippen LogP contribution >= 0.6 is 0 Å². The standard InChI is InChI=1S/C13H17NO4/c1-8(2)11(13(16)17)14-12(15)9-6-4-5-7-10(9)18-3/h4-8,11H,1-3H3,(H,14,15)(H,16,17)/t11-/m0/s1. The fourth-order valence-corrected chi connectivity index (χ4v) is 1.56. The monoisotopic (exact) mass is 251 g/mol. The molecule has 0 saturated carbocycles. The van der Waals surface area contributed by atoms with E-state index in [-0.39, 0.29) is 5.92 Å². The van der Waals surface area contributed by atoms with Crippen molar-refractivity contribution in [3.63, 3.8) is 0 Å². The van der Waals surface area contributed by atoms with E-state index in [0.29, 0.717) is 11.3 Å². The molecule has 5 nitrogen and oxygen atoms in total. The Kier molecular flexibility index (Phi) is 4.71. The third-order valence-electron chi connectivity index (χ3n) is 2.57. The molecule has 5 heteroatoms. The smallest absolute Gasteiger partial charge is 0.326 e. The van der Waals surface area contributed by atoms with Gasteiger partial charge in [0.2, 0.25) is 0 Å². The highest BCUT2D eigenvalue weighted by Gasteiger charge is 2.24. The average Bonchev–Trinajstić information content (AvgIpc) is 2.34. The first-order chi connectivity index (χ1) is 8.47. The van der Waals surface area contributed by atoms with Crippen LogP contribution in [-0.4, -0.2) is 30.1 Å². The van der Waals surface area contributed by atoms with Crippen molar-refractivity contribution in [2.75, 3.05) is 7.11 Å². The number of methoxy groups -OCH3 is 1. The van der Waals surface area contributed by atoms with Gasteiger partial charge < -0.3 is 15.2 Å². The molecule has 0 heterocycles. The van der Waals surface area contributed by atoms with Crippen molar-refractivity contribution in [2.24, 2.45) is 5.92 Å². The molecule has 0 aliphatic heterocycles. The topological polar surface area (TPSA) is 75.6 Å². The van der Waals surface area contributed by atoms with Gasteiger partial charge in [0, 0.05) is 0 Å². The lowest BCUT2D eigenvalue weighted by atomic mass is 10.0. The summed E-state index contributed by atoms with van der Waals surface area (Å²) in [5, 5.41) is 11.5. The number of ether oxygens (including phenoxy) is 1. The molecule has 0 radical (unpaired) electrons. The van der Waals surface area contributed by atoms with Gasteiger partial charge in [-0.1, -0.05) is 26.0 Å². The minimum absolute atomic E-state index is 0.193. The summed E-state index contributed by atoms with van der Waals surface area (Å²) in [5.74, 6) is -1.27. The summed E-state index contributed by atoms with van der Waals surface area (Å²) in [6.45, 7) is 3.47. The van der Waals surface area contributed by atoms with Crippen molar-refractivity contribution in [1.29, 1.82) is 0 Å². The van der Waals surface area contributed by atoms with Gasteiger partial charge in [-0.05, 0) is 18.1 Å². The number of nitrogens with one attached hydrogen (secondary N) is 1. The number of carboxylic acid groups (broad SMARTS) is 1. The van der Waals surface area contributed by atoms with Gasteiger partial charge >= 0.3 is 5.97 Å². The lowest BCUT2D eigenvalue weighted by molar-refractivity contribution is -0.140. The number of carbonyl (C=O) groups is 2. The van der Waals surface area contributed by atoms with Crippen molar-refractivity contribution in [3.05, 3.63) is 29.8 Å². The Balaban J connectivity index is 2.90. The third kappa shape index (κ3) is 3.23.